The summed E-state index contributed by atoms with van der Waals surface area (Å²) in [5.41, 5.74) is 1.52. The van der Waals surface area contributed by atoms with Crippen molar-refractivity contribution in [1.82, 2.24) is 5.32 Å². The number of ether oxygens (including phenoxy) is 3. The number of carbonyl (C=O) groups excluding carboxylic acids is 2. The molecule has 148 valence electrons. The Hall–Kier alpha value is -3.22. The van der Waals surface area contributed by atoms with Crippen LogP contribution in [-0.4, -0.2) is 39.7 Å². The Bertz CT molecular complexity index is 868. The zero-order valence-electron chi connectivity index (χ0n) is 16.2. The van der Waals surface area contributed by atoms with E-state index in [9.17, 15) is 9.59 Å². The van der Waals surface area contributed by atoms with Crippen molar-refractivity contribution in [2.24, 2.45) is 5.92 Å². The van der Waals surface area contributed by atoms with E-state index in [0.29, 0.717) is 30.3 Å². The van der Waals surface area contributed by atoms with Crippen LogP contribution >= 0.6 is 0 Å². The second-order valence-corrected chi connectivity index (χ2v) is 6.47. The number of benzene rings is 2. The number of hydrogen-bond acceptors (Lipinski definition) is 5. The van der Waals surface area contributed by atoms with E-state index in [-0.39, 0.29) is 18.2 Å². The predicted molar refractivity (Wildman–Crippen MR) is 105 cm³/mol. The van der Waals surface area contributed by atoms with Gasteiger partial charge in [-0.05, 0) is 18.2 Å². The molecule has 2 aromatic carbocycles. The first-order valence-electron chi connectivity index (χ1n) is 8.99. The summed E-state index contributed by atoms with van der Waals surface area (Å²) in [5, 5.41) is 2.91. The molecule has 3 rings (SSSR count). The number of carbonyl (C=O) groups is 2. The summed E-state index contributed by atoms with van der Waals surface area (Å²) < 4.78 is 15.9. The quantitative estimate of drug-likeness (QED) is 0.793. The third-order valence-corrected chi connectivity index (χ3v) is 4.82. The van der Waals surface area contributed by atoms with Gasteiger partial charge in [-0.1, -0.05) is 18.2 Å². The van der Waals surface area contributed by atoms with Crippen LogP contribution in [0.25, 0.3) is 0 Å². The van der Waals surface area contributed by atoms with E-state index in [1.54, 1.807) is 37.3 Å². The maximum absolute atomic E-state index is 12.6. The van der Waals surface area contributed by atoms with Gasteiger partial charge in [0.1, 0.15) is 17.2 Å². The van der Waals surface area contributed by atoms with Gasteiger partial charge in [-0.25, -0.2) is 0 Å². The molecule has 1 aliphatic rings. The predicted octanol–water partition coefficient (Wildman–Crippen LogP) is 2.38. The standard InChI is InChI=1S/C21H24N2O5/c1-26-16-8-9-17(19(11-16)28-3)23-13-15(10-20(23)24)21(25)22-12-14-6-4-5-7-18(14)27-2/h4-9,11,15H,10,12-13H2,1-3H3,(H,22,25)/t15-/m1/s1. The van der Waals surface area contributed by atoms with Gasteiger partial charge in [-0.2, -0.15) is 0 Å². The summed E-state index contributed by atoms with van der Waals surface area (Å²) in [6.45, 7) is 0.651. The van der Waals surface area contributed by atoms with Gasteiger partial charge in [-0.3, -0.25) is 9.59 Å². The Labute approximate surface area is 164 Å². The summed E-state index contributed by atoms with van der Waals surface area (Å²) in [6.07, 6.45) is 0.160. The number of nitrogens with zero attached hydrogens (tertiary/aromatic N) is 1. The molecule has 28 heavy (non-hydrogen) atoms. The van der Waals surface area contributed by atoms with Crippen LogP contribution in [0.3, 0.4) is 0 Å². The van der Waals surface area contributed by atoms with E-state index in [0.717, 1.165) is 11.3 Å². The van der Waals surface area contributed by atoms with Crippen LogP contribution in [0.4, 0.5) is 5.69 Å². The molecule has 1 saturated heterocycles. The van der Waals surface area contributed by atoms with E-state index in [1.165, 1.54) is 7.11 Å². The average molecular weight is 384 g/mol. The Morgan fingerprint density at radius 3 is 2.54 bits per heavy atom. The van der Waals surface area contributed by atoms with Crippen molar-refractivity contribution >= 4 is 17.5 Å². The molecule has 0 spiro atoms. The fourth-order valence-corrected chi connectivity index (χ4v) is 3.30. The van der Waals surface area contributed by atoms with Gasteiger partial charge in [0.25, 0.3) is 0 Å². The van der Waals surface area contributed by atoms with Crippen LogP contribution in [0, 0.1) is 5.92 Å². The molecule has 7 heteroatoms. The summed E-state index contributed by atoms with van der Waals surface area (Å²) in [6, 6.07) is 12.8. The summed E-state index contributed by atoms with van der Waals surface area (Å²) in [5.74, 6) is 1.19. The zero-order valence-corrected chi connectivity index (χ0v) is 16.2. The lowest BCUT2D eigenvalue weighted by atomic mass is 10.1. The molecule has 1 N–H and O–H groups in total. The van der Waals surface area contributed by atoms with Crippen molar-refractivity contribution < 1.29 is 23.8 Å². The van der Waals surface area contributed by atoms with Crippen molar-refractivity contribution in [3.63, 3.8) is 0 Å². The lowest BCUT2D eigenvalue weighted by molar-refractivity contribution is -0.126. The van der Waals surface area contributed by atoms with E-state index >= 15 is 0 Å². The highest BCUT2D eigenvalue weighted by Crippen LogP contribution is 2.35. The van der Waals surface area contributed by atoms with Crippen LogP contribution in [0.2, 0.25) is 0 Å². The van der Waals surface area contributed by atoms with Crippen molar-refractivity contribution in [2.45, 2.75) is 13.0 Å². The molecule has 1 atom stereocenters. The molecule has 1 heterocycles. The Kier molecular flexibility index (Phi) is 6.03. The lowest BCUT2D eigenvalue weighted by Crippen LogP contribution is -2.32. The SMILES string of the molecule is COc1ccc(N2C[C@H](C(=O)NCc3ccccc3OC)CC2=O)c(OC)c1. The zero-order chi connectivity index (χ0) is 20.1. The fourth-order valence-electron chi connectivity index (χ4n) is 3.30. The van der Waals surface area contributed by atoms with E-state index < -0.39 is 5.92 Å². The number of methoxy groups -OCH3 is 3. The van der Waals surface area contributed by atoms with Crippen molar-refractivity contribution in [3.8, 4) is 17.2 Å². The highest BCUT2D eigenvalue weighted by molar-refractivity contribution is 6.01. The minimum atomic E-state index is -0.422. The molecule has 0 aromatic heterocycles. The maximum atomic E-state index is 12.6. The topological polar surface area (TPSA) is 77.1 Å². The normalized spacial score (nSPS) is 16.0. The number of amides is 2. The van der Waals surface area contributed by atoms with E-state index in [1.807, 2.05) is 24.3 Å². The molecule has 7 nitrogen and oxygen atoms in total. The average Bonchev–Trinajstić information content (AvgIpc) is 3.13. The van der Waals surface area contributed by atoms with Gasteiger partial charge in [0.2, 0.25) is 11.8 Å². The first-order chi connectivity index (χ1) is 13.6. The van der Waals surface area contributed by atoms with Gasteiger partial charge in [0.05, 0.1) is 32.9 Å². The number of para-hydroxylation sites is 1. The highest BCUT2D eigenvalue weighted by Gasteiger charge is 2.36. The Morgan fingerprint density at radius 2 is 1.82 bits per heavy atom. The molecular weight excluding hydrogens is 360 g/mol. The minimum absolute atomic E-state index is 0.110. The molecular formula is C21H24N2O5. The molecule has 2 aromatic rings. The van der Waals surface area contributed by atoms with Crippen LogP contribution in [0.15, 0.2) is 42.5 Å². The van der Waals surface area contributed by atoms with Crippen LogP contribution in [0.5, 0.6) is 17.2 Å². The first-order valence-corrected chi connectivity index (χ1v) is 8.99. The monoisotopic (exact) mass is 384 g/mol. The molecule has 0 aliphatic carbocycles. The van der Waals surface area contributed by atoms with Crippen LogP contribution in [-0.2, 0) is 16.1 Å². The maximum Gasteiger partial charge on any atom is 0.227 e. The largest absolute Gasteiger partial charge is 0.497 e. The van der Waals surface area contributed by atoms with Gasteiger partial charge in [-0.15, -0.1) is 0 Å². The van der Waals surface area contributed by atoms with Crippen LogP contribution in [0.1, 0.15) is 12.0 Å². The summed E-state index contributed by atoms with van der Waals surface area (Å²) >= 11 is 0. The van der Waals surface area contributed by atoms with Crippen molar-refractivity contribution in [1.29, 1.82) is 0 Å². The second-order valence-electron chi connectivity index (χ2n) is 6.47. The molecule has 0 saturated carbocycles. The minimum Gasteiger partial charge on any atom is -0.497 e. The summed E-state index contributed by atoms with van der Waals surface area (Å²) in [7, 11) is 4.70. The molecule has 0 radical (unpaired) electrons. The van der Waals surface area contributed by atoms with Gasteiger partial charge >= 0.3 is 0 Å². The number of hydrogen-bond donors (Lipinski definition) is 1. The smallest absolute Gasteiger partial charge is 0.227 e. The number of nitrogens with one attached hydrogen (secondary N) is 1. The third kappa shape index (κ3) is 4.03. The van der Waals surface area contributed by atoms with Crippen molar-refractivity contribution in [3.05, 3.63) is 48.0 Å². The molecule has 1 aliphatic heterocycles. The number of anilines is 1. The first kappa shape index (κ1) is 19.5. The Morgan fingerprint density at radius 1 is 1.07 bits per heavy atom. The summed E-state index contributed by atoms with van der Waals surface area (Å²) in [4.78, 5) is 26.7. The van der Waals surface area contributed by atoms with Gasteiger partial charge < -0.3 is 24.4 Å². The second kappa shape index (κ2) is 8.65. The van der Waals surface area contributed by atoms with Gasteiger partial charge in [0, 0.05) is 31.1 Å². The van der Waals surface area contributed by atoms with Crippen LogP contribution < -0.4 is 24.4 Å². The Balaban J connectivity index is 1.68. The fraction of sp³-hybridized carbons (Fsp3) is 0.333. The number of rotatable bonds is 7. The third-order valence-electron chi connectivity index (χ3n) is 4.82. The van der Waals surface area contributed by atoms with Gasteiger partial charge in [0.15, 0.2) is 0 Å². The van der Waals surface area contributed by atoms with Crippen molar-refractivity contribution in [2.75, 3.05) is 32.8 Å². The van der Waals surface area contributed by atoms with E-state index in [2.05, 4.69) is 5.32 Å². The molecule has 0 bridgehead atoms. The van der Waals surface area contributed by atoms with E-state index in [4.69, 9.17) is 14.2 Å². The lowest BCUT2D eigenvalue weighted by Gasteiger charge is -2.20. The molecule has 1 fully saturated rings. The highest BCUT2D eigenvalue weighted by atomic mass is 16.5. The molecule has 0 unspecified atom stereocenters. The molecule has 2 amide bonds.